The molecule has 0 aromatic carbocycles. The summed E-state index contributed by atoms with van der Waals surface area (Å²) in [6.45, 7) is 4.55. The molecule has 110 valence electrons. The van der Waals surface area contributed by atoms with Crippen LogP contribution >= 0.6 is 0 Å². The molecule has 0 radical (unpaired) electrons. The van der Waals surface area contributed by atoms with Crippen LogP contribution in [0.2, 0.25) is 0 Å². The first-order valence-electron chi connectivity index (χ1n) is 6.84. The van der Waals surface area contributed by atoms with Gasteiger partial charge in [-0.05, 0) is 32.4 Å². The van der Waals surface area contributed by atoms with Crippen LogP contribution in [0.5, 0.6) is 0 Å². The minimum atomic E-state index is -0.661. The summed E-state index contributed by atoms with van der Waals surface area (Å²) < 4.78 is 4.85. The molecule has 1 aliphatic heterocycles. The highest BCUT2D eigenvalue weighted by Crippen LogP contribution is 2.16. The van der Waals surface area contributed by atoms with Gasteiger partial charge in [-0.3, -0.25) is 19.8 Å². The number of furan rings is 1. The van der Waals surface area contributed by atoms with Gasteiger partial charge in [0.05, 0.1) is 6.07 Å². The molecule has 0 saturated carbocycles. The smallest absolute Gasteiger partial charge is 0.395 e. The van der Waals surface area contributed by atoms with Crippen LogP contribution < -0.4 is 5.32 Å². The van der Waals surface area contributed by atoms with Crippen LogP contribution in [0.25, 0.3) is 0 Å². The molecule has 2 rings (SSSR count). The van der Waals surface area contributed by atoms with Crippen LogP contribution in [0.4, 0.5) is 5.88 Å². The maximum Gasteiger partial charge on any atom is 0.433 e. The molecule has 0 aliphatic carbocycles. The summed E-state index contributed by atoms with van der Waals surface area (Å²) in [5.41, 5.74) is 0. The van der Waals surface area contributed by atoms with Gasteiger partial charge in [0, 0.05) is 19.1 Å². The van der Waals surface area contributed by atoms with Gasteiger partial charge in [0.1, 0.15) is 4.92 Å². The molecule has 1 fully saturated rings. The second-order valence-corrected chi connectivity index (χ2v) is 5.03. The molecule has 7 nitrogen and oxygen atoms in total. The molecule has 1 aliphatic rings. The zero-order valence-electron chi connectivity index (χ0n) is 11.5. The van der Waals surface area contributed by atoms with E-state index in [9.17, 15) is 14.9 Å². The highest BCUT2D eigenvalue weighted by molar-refractivity contribution is 5.91. The Hall–Kier alpha value is -1.89. The first-order valence-corrected chi connectivity index (χ1v) is 6.84. The summed E-state index contributed by atoms with van der Waals surface area (Å²) >= 11 is 0. The van der Waals surface area contributed by atoms with Gasteiger partial charge in [0.25, 0.3) is 5.91 Å². The fourth-order valence-corrected chi connectivity index (χ4v) is 2.44. The molecule has 1 N–H and O–H groups in total. The molecule has 2 heterocycles. The molecule has 7 heteroatoms. The van der Waals surface area contributed by atoms with E-state index in [-0.39, 0.29) is 5.76 Å². The molecular weight excluding hydrogens is 262 g/mol. The lowest BCUT2D eigenvalue weighted by atomic mass is 10.0. The topological polar surface area (TPSA) is 88.6 Å². The Morgan fingerprint density at radius 3 is 3.00 bits per heavy atom. The highest BCUT2D eigenvalue weighted by Gasteiger charge is 2.19. The minimum Gasteiger partial charge on any atom is -0.395 e. The number of hydrogen-bond donors (Lipinski definition) is 1. The molecular formula is C13H19N3O4. The highest BCUT2D eigenvalue weighted by atomic mass is 16.6. The molecule has 0 unspecified atom stereocenters. The largest absolute Gasteiger partial charge is 0.433 e. The molecule has 1 amide bonds. The Kier molecular flexibility index (Phi) is 4.73. The monoisotopic (exact) mass is 281 g/mol. The molecule has 1 atom stereocenters. The van der Waals surface area contributed by atoms with Gasteiger partial charge >= 0.3 is 5.88 Å². The fourth-order valence-electron chi connectivity index (χ4n) is 2.44. The number of carbonyl (C=O) groups is 1. The van der Waals surface area contributed by atoms with Crippen LogP contribution in [-0.2, 0) is 0 Å². The first-order chi connectivity index (χ1) is 9.58. The summed E-state index contributed by atoms with van der Waals surface area (Å²) in [5, 5.41) is 13.2. The average Bonchev–Trinajstić information content (AvgIpc) is 2.91. The third-order valence-corrected chi connectivity index (χ3v) is 3.62. The van der Waals surface area contributed by atoms with Gasteiger partial charge < -0.3 is 9.73 Å². The summed E-state index contributed by atoms with van der Waals surface area (Å²) in [7, 11) is 0. The fraction of sp³-hybridized carbons (Fsp3) is 0.615. The van der Waals surface area contributed by atoms with E-state index in [0.717, 1.165) is 13.1 Å². The summed E-state index contributed by atoms with van der Waals surface area (Å²) in [5.74, 6) is -0.856. The van der Waals surface area contributed by atoms with E-state index in [1.165, 1.54) is 31.4 Å². The number of nitrogens with one attached hydrogen (secondary N) is 1. The van der Waals surface area contributed by atoms with E-state index < -0.39 is 16.7 Å². The van der Waals surface area contributed by atoms with Crippen LogP contribution in [0, 0.1) is 10.1 Å². The Labute approximate surface area is 117 Å². The Bertz CT molecular complexity index is 486. The number of likely N-dealkylation sites (tertiary alicyclic amines) is 1. The number of piperidine rings is 1. The van der Waals surface area contributed by atoms with E-state index in [0.29, 0.717) is 12.6 Å². The van der Waals surface area contributed by atoms with Crippen molar-refractivity contribution in [1.82, 2.24) is 10.2 Å². The lowest BCUT2D eigenvalue weighted by Crippen LogP contribution is -2.42. The van der Waals surface area contributed by atoms with Gasteiger partial charge in [0.15, 0.2) is 5.76 Å². The van der Waals surface area contributed by atoms with Crippen molar-refractivity contribution in [3.05, 3.63) is 28.0 Å². The first kappa shape index (κ1) is 14.5. The van der Waals surface area contributed by atoms with Gasteiger partial charge in [-0.15, -0.1) is 0 Å². The number of nitrogens with zero attached hydrogens (tertiary/aromatic N) is 2. The number of carbonyl (C=O) groups excluding carboxylic acids is 1. The lowest BCUT2D eigenvalue weighted by Gasteiger charge is -2.33. The van der Waals surface area contributed by atoms with E-state index in [2.05, 4.69) is 17.1 Å². The molecule has 1 aromatic heterocycles. The Morgan fingerprint density at radius 1 is 1.55 bits per heavy atom. The summed E-state index contributed by atoms with van der Waals surface area (Å²) in [6, 6.07) is 3.05. The van der Waals surface area contributed by atoms with Crippen LogP contribution in [0.15, 0.2) is 16.5 Å². The SMILES string of the molecule is C[C@H]1CCCCN1CCNC(=O)c1ccc([N+](=O)[O-])o1. The molecule has 0 bridgehead atoms. The van der Waals surface area contributed by atoms with E-state index in [1.54, 1.807) is 0 Å². The van der Waals surface area contributed by atoms with Crippen LogP contribution in [0.3, 0.4) is 0 Å². The average molecular weight is 281 g/mol. The van der Waals surface area contributed by atoms with Crippen molar-refractivity contribution in [1.29, 1.82) is 0 Å². The molecule has 1 saturated heterocycles. The Morgan fingerprint density at radius 2 is 2.35 bits per heavy atom. The van der Waals surface area contributed by atoms with Gasteiger partial charge in [-0.2, -0.15) is 0 Å². The second-order valence-electron chi connectivity index (χ2n) is 5.03. The normalized spacial score (nSPS) is 19.8. The molecule has 0 spiro atoms. The van der Waals surface area contributed by atoms with E-state index in [4.69, 9.17) is 4.42 Å². The van der Waals surface area contributed by atoms with E-state index >= 15 is 0 Å². The quantitative estimate of drug-likeness (QED) is 0.656. The lowest BCUT2D eigenvalue weighted by molar-refractivity contribution is -0.402. The van der Waals surface area contributed by atoms with Crippen LogP contribution in [-0.4, -0.2) is 41.4 Å². The predicted octanol–water partition coefficient (Wildman–Crippen LogP) is 1.79. The summed E-state index contributed by atoms with van der Waals surface area (Å²) in [6.07, 6.45) is 3.65. The standard InChI is InChI=1S/C13H19N3O4/c1-10-4-2-3-8-15(10)9-7-14-13(17)11-5-6-12(20-11)16(18)19/h5-6,10H,2-4,7-9H2,1H3,(H,14,17)/t10-/m0/s1. The number of nitro groups is 1. The molecule has 20 heavy (non-hydrogen) atoms. The number of amides is 1. The van der Waals surface area contributed by atoms with Gasteiger partial charge in [-0.1, -0.05) is 6.42 Å². The van der Waals surface area contributed by atoms with Crippen molar-refractivity contribution < 1.29 is 14.1 Å². The number of rotatable bonds is 5. The van der Waals surface area contributed by atoms with E-state index in [1.807, 2.05) is 0 Å². The summed E-state index contributed by atoms with van der Waals surface area (Å²) in [4.78, 5) is 23.9. The van der Waals surface area contributed by atoms with Gasteiger partial charge in [0.2, 0.25) is 0 Å². The van der Waals surface area contributed by atoms with Gasteiger partial charge in [-0.25, -0.2) is 0 Å². The zero-order chi connectivity index (χ0) is 14.5. The third-order valence-electron chi connectivity index (χ3n) is 3.62. The van der Waals surface area contributed by atoms with Crippen molar-refractivity contribution in [3.8, 4) is 0 Å². The van der Waals surface area contributed by atoms with Crippen molar-refractivity contribution in [3.63, 3.8) is 0 Å². The van der Waals surface area contributed by atoms with Crippen LogP contribution in [0.1, 0.15) is 36.7 Å². The van der Waals surface area contributed by atoms with Crippen molar-refractivity contribution >= 4 is 11.8 Å². The van der Waals surface area contributed by atoms with Crippen molar-refractivity contribution in [2.75, 3.05) is 19.6 Å². The Balaban J connectivity index is 1.78. The maximum absolute atomic E-state index is 11.8. The molecule has 1 aromatic rings. The predicted molar refractivity (Wildman–Crippen MR) is 72.6 cm³/mol. The number of hydrogen-bond acceptors (Lipinski definition) is 5. The maximum atomic E-state index is 11.8. The van der Waals surface area contributed by atoms with Crippen molar-refractivity contribution in [2.24, 2.45) is 0 Å². The third kappa shape index (κ3) is 3.57. The zero-order valence-corrected chi connectivity index (χ0v) is 11.5. The minimum absolute atomic E-state index is 0.0246. The second kappa shape index (κ2) is 6.51. The van der Waals surface area contributed by atoms with Crippen molar-refractivity contribution in [2.45, 2.75) is 32.2 Å².